The van der Waals surface area contributed by atoms with Crippen molar-refractivity contribution < 1.29 is 9.18 Å². The maximum absolute atomic E-state index is 13.7. The van der Waals surface area contributed by atoms with Crippen molar-refractivity contribution in [1.82, 2.24) is 10.6 Å². The lowest BCUT2D eigenvalue weighted by molar-refractivity contribution is -0.120. The van der Waals surface area contributed by atoms with Crippen LogP contribution >= 0.6 is 0 Å². The second kappa shape index (κ2) is 6.96. The highest BCUT2D eigenvalue weighted by atomic mass is 19.1. The van der Waals surface area contributed by atoms with Crippen molar-refractivity contribution in [2.24, 2.45) is 0 Å². The first kappa shape index (κ1) is 14.4. The van der Waals surface area contributed by atoms with Crippen LogP contribution in [0.15, 0.2) is 18.2 Å². The van der Waals surface area contributed by atoms with Gasteiger partial charge in [-0.3, -0.25) is 4.79 Å². The number of benzene rings is 1. The average Bonchev–Trinajstić information content (AvgIpc) is 2.38. The Kier molecular flexibility index (Phi) is 5.58. The largest absolute Gasteiger partial charge is 0.374 e. The Morgan fingerprint density at radius 3 is 2.72 bits per heavy atom. The minimum atomic E-state index is -0.228. The van der Waals surface area contributed by atoms with Gasteiger partial charge in [0.25, 0.3) is 0 Å². The van der Waals surface area contributed by atoms with Crippen LogP contribution in [0.3, 0.4) is 0 Å². The lowest BCUT2D eigenvalue weighted by Crippen LogP contribution is -2.27. The molecule has 2 N–H and O–H groups in total. The Hall–Kier alpha value is -1.62. The zero-order valence-electron chi connectivity index (χ0n) is 11.1. The Balaban J connectivity index is 2.81. The fourth-order valence-electron chi connectivity index (χ4n) is 1.77. The van der Waals surface area contributed by atoms with E-state index in [0.29, 0.717) is 25.1 Å². The summed E-state index contributed by atoms with van der Waals surface area (Å²) in [6, 6.07) is 4.99. The van der Waals surface area contributed by atoms with E-state index in [4.69, 9.17) is 0 Å². The van der Waals surface area contributed by atoms with E-state index in [-0.39, 0.29) is 11.7 Å². The van der Waals surface area contributed by atoms with E-state index in [1.807, 2.05) is 18.0 Å². The van der Waals surface area contributed by atoms with E-state index in [1.165, 1.54) is 6.07 Å². The van der Waals surface area contributed by atoms with E-state index >= 15 is 0 Å². The third-order valence-corrected chi connectivity index (χ3v) is 2.81. The topological polar surface area (TPSA) is 44.4 Å². The number of rotatable bonds is 6. The molecule has 0 atom stereocenters. The van der Waals surface area contributed by atoms with Crippen LogP contribution < -0.4 is 15.5 Å². The van der Waals surface area contributed by atoms with Crippen molar-refractivity contribution in [3.63, 3.8) is 0 Å². The van der Waals surface area contributed by atoms with E-state index in [2.05, 4.69) is 10.6 Å². The van der Waals surface area contributed by atoms with Crippen molar-refractivity contribution in [1.29, 1.82) is 0 Å². The Morgan fingerprint density at radius 2 is 2.11 bits per heavy atom. The molecule has 0 saturated heterocycles. The second-order valence-electron chi connectivity index (χ2n) is 4.11. The molecule has 18 heavy (non-hydrogen) atoms. The summed E-state index contributed by atoms with van der Waals surface area (Å²) >= 11 is 0. The van der Waals surface area contributed by atoms with Crippen LogP contribution in [0.2, 0.25) is 0 Å². The molecular weight excluding hydrogens is 233 g/mol. The highest BCUT2D eigenvalue weighted by molar-refractivity contribution is 5.76. The molecule has 4 nitrogen and oxygen atoms in total. The van der Waals surface area contributed by atoms with Gasteiger partial charge in [-0.2, -0.15) is 0 Å². The summed E-state index contributed by atoms with van der Waals surface area (Å²) in [5.41, 5.74) is 1.44. The third-order valence-electron chi connectivity index (χ3n) is 2.81. The van der Waals surface area contributed by atoms with E-state index in [1.54, 1.807) is 20.2 Å². The number of nitrogens with zero attached hydrogens (tertiary/aromatic N) is 1. The number of amides is 1. The van der Waals surface area contributed by atoms with Gasteiger partial charge in [-0.15, -0.1) is 0 Å². The molecule has 5 heteroatoms. The van der Waals surface area contributed by atoms with Gasteiger partial charge in [-0.25, -0.2) is 4.39 Å². The molecule has 0 aliphatic carbocycles. The third kappa shape index (κ3) is 3.70. The van der Waals surface area contributed by atoms with Crippen molar-refractivity contribution in [3.05, 3.63) is 29.6 Å². The SMILES string of the molecule is CNCc1c(F)cccc1N(C)CCC(=O)NC. The summed E-state index contributed by atoms with van der Waals surface area (Å²) in [5.74, 6) is -0.248. The first-order valence-corrected chi connectivity index (χ1v) is 5.93. The molecule has 1 aromatic rings. The van der Waals surface area contributed by atoms with Gasteiger partial charge in [0, 0.05) is 44.9 Å². The lowest BCUT2D eigenvalue weighted by Gasteiger charge is -2.22. The number of carbonyl (C=O) groups is 1. The summed E-state index contributed by atoms with van der Waals surface area (Å²) in [4.78, 5) is 13.1. The van der Waals surface area contributed by atoms with Crippen molar-refractivity contribution in [2.75, 3.05) is 32.6 Å². The number of hydrogen-bond donors (Lipinski definition) is 2. The lowest BCUT2D eigenvalue weighted by atomic mass is 10.1. The standard InChI is InChI=1S/C13H20FN3O/c1-15-9-10-11(14)5-4-6-12(10)17(3)8-7-13(18)16-2/h4-6,15H,7-9H2,1-3H3,(H,16,18). The Morgan fingerprint density at radius 1 is 1.39 bits per heavy atom. The molecule has 0 aliphatic rings. The van der Waals surface area contributed by atoms with Crippen LogP contribution in [0.5, 0.6) is 0 Å². The number of carbonyl (C=O) groups excluding carboxylic acids is 1. The molecular formula is C13H20FN3O. The van der Waals surface area contributed by atoms with Gasteiger partial charge in [0.05, 0.1) is 0 Å². The zero-order chi connectivity index (χ0) is 13.5. The highest BCUT2D eigenvalue weighted by Gasteiger charge is 2.12. The monoisotopic (exact) mass is 253 g/mol. The summed E-state index contributed by atoms with van der Waals surface area (Å²) < 4.78 is 13.7. The molecule has 0 spiro atoms. The molecule has 100 valence electrons. The van der Waals surface area contributed by atoms with Gasteiger partial charge >= 0.3 is 0 Å². The van der Waals surface area contributed by atoms with Crippen LogP contribution in [0.4, 0.5) is 10.1 Å². The summed E-state index contributed by atoms with van der Waals surface area (Å²) in [6.45, 7) is 1.02. The quantitative estimate of drug-likeness (QED) is 0.798. The first-order chi connectivity index (χ1) is 8.60. The van der Waals surface area contributed by atoms with E-state index < -0.39 is 0 Å². The van der Waals surface area contributed by atoms with Crippen molar-refractivity contribution >= 4 is 11.6 Å². The van der Waals surface area contributed by atoms with Gasteiger partial charge in [0.1, 0.15) is 5.82 Å². The van der Waals surface area contributed by atoms with Crippen molar-refractivity contribution in [3.8, 4) is 0 Å². The molecule has 0 radical (unpaired) electrons. The molecule has 0 aliphatic heterocycles. The number of hydrogen-bond acceptors (Lipinski definition) is 3. The zero-order valence-corrected chi connectivity index (χ0v) is 11.1. The number of halogens is 1. The van der Waals surface area contributed by atoms with E-state index in [9.17, 15) is 9.18 Å². The molecule has 0 bridgehead atoms. The predicted octanol–water partition coefficient (Wildman–Crippen LogP) is 1.12. The first-order valence-electron chi connectivity index (χ1n) is 5.93. The Labute approximate surface area is 107 Å². The van der Waals surface area contributed by atoms with Crippen LogP contribution in [-0.2, 0) is 11.3 Å². The minimum Gasteiger partial charge on any atom is -0.374 e. The molecule has 1 aromatic carbocycles. The van der Waals surface area contributed by atoms with E-state index in [0.717, 1.165) is 5.69 Å². The molecule has 1 rings (SSSR count). The van der Waals surface area contributed by atoms with Crippen LogP contribution in [0.25, 0.3) is 0 Å². The van der Waals surface area contributed by atoms with Gasteiger partial charge in [-0.05, 0) is 19.2 Å². The van der Waals surface area contributed by atoms with Crippen LogP contribution in [-0.4, -0.2) is 33.6 Å². The molecule has 1 amide bonds. The second-order valence-corrected chi connectivity index (χ2v) is 4.11. The van der Waals surface area contributed by atoms with Crippen molar-refractivity contribution in [2.45, 2.75) is 13.0 Å². The van der Waals surface area contributed by atoms with Gasteiger partial charge in [-0.1, -0.05) is 6.07 Å². The van der Waals surface area contributed by atoms with Crippen LogP contribution in [0.1, 0.15) is 12.0 Å². The fraction of sp³-hybridized carbons (Fsp3) is 0.462. The highest BCUT2D eigenvalue weighted by Crippen LogP contribution is 2.22. The molecule has 0 fully saturated rings. The summed E-state index contributed by atoms with van der Waals surface area (Å²) in [6.07, 6.45) is 0.391. The smallest absolute Gasteiger partial charge is 0.221 e. The van der Waals surface area contributed by atoms with Crippen LogP contribution in [0, 0.1) is 5.82 Å². The average molecular weight is 253 g/mol. The fourth-order valence-corrected chi connectivity index (χ4v) is 1.77. The minimum absolute atomic E-state index is 0.0200. The molecule has 0 heterocycles. The normalized spacial score (nSPS) is 10.2. The van der Waals surface area contributed by atoms with Gasteiger partial charge in [0.2, 0.25) is 5.91 Å². The number of nitrogens with one attached hydrogen (secondary N) is 2. The number of anilines is 1. The molecule has 0 unspecified atom stereocenters. The predicted molar refractivity (Wildman–Crippen MR) is 71.1 cm³/mol. The summed E-state index contributed by atoms with van der Waals surface area (Å²) in [5, 5.41) is 5.52. The Bertz CT molecular complexity index is 409. The summed E-state index contributed by atoms with van der Waals surface area (Å²) in [7, 11) is 5.24. The molecule has 0 saturated carbocycles. The maximum Gasteiger partial charge on any atom is 0.221 e. The molecule has 0 aromatic heterocycles. The van der Waals surface area contributed by atoms with Gasteiger partial charge in [0.15, 0.2) is 0 Å². The maximum atomic E-state index is 13.7. The van der Waals surface area contributed by atoms with Gasteiger partial charge < -0.3 is 15.5 Å².